The number of aliphatic hydroxyl groups is 1. The summed E-state index contributed by atoms with van der Waals surface area (Å²) < 4.78 is 29.4. The van der Waals surface area contributed by atoms with Crippen molar-refractivity contribution in [1.29, 1.82) is 0 Å². The van der Waals surface area contributed by atoms with E-state index in [1.807, 2.05) is 0 Å². The molecule has 2 N–H and O–H groups in total. The van der Waals surface area contributed by atoms with Crippen molar-refractivity contribution in [3.05, 3.63) is 34.9 Å². The topological polar surface area (TPSA) is 91.7 Å². The first kappa shape index (κ1) is 16.1. The molecule has 0 aliphatic carbocycles. The summed E-state index contributed by atoms with van der Waals surface area (Å²) in [5, 5.41) is 9.32. The molecule has 1 rings (SSSR count). The number of aliphatic hydroxyl groups excluding tert-OH is 1. The molecule has 0 aliphatic rings. The van der Waals surface area contributed by atoms with Gasteiger partial charge in [0, 0.05) is 10.6 Å². The van der Waals surface area contributed by atoms with Crippen LogP contribution in [0.2, 0.25) is 5.02 Å². The second kappa shape index (κ2) is 6.11. The van der Waals surface area contributed by atoms with Gasteiger partial charge in [-0.15, -0.1) is 0 Å². The van der Waals surface area contributed by atoms with Gasteiger partial charge in [-0.3, -0.25) is 9.35 Å². The number of carbonyl (C=O) groups excluding carboxylic acids is 1. The fourth-order valence-corrected chi connectivity index (χ4v) is 1.42. The van der Waals surface area contributed by atoms with E-state index >= 15 is 0 Å². The molecule has 84 valence electrons. The third-order valence-corrected chi connectivity index (χ3v) is 2.67. The van der Waals surface area contributed by atoms with Gasteiger partial charge in [0.25, 0.3) is 10.1 Å². The van der Waals surface area contributed by atoms with Crippen LogP contribution in [0.5, 0.6) is 0 Å². The Morgan fingerprint density at radius 3 is 2.06 bits per heavy atom. The Bertz CT molecular complexity index is 470. The summed E-state index contributed by atoms with van der Waals surface area (Å²) >= 11 is 5.54. The molecular formula is C8H8ClNaO5S. The summed E-state index contributed by atoms with van der Waals surface area (Å²) in [7, 11) is -4.79. The summed E-state index contributed by atoms with van der Waals surface area (Å²) in [6.45, 7) is 0. The Balaban J connectivity index is 0.00000225. The van der Waals surface area contributed by atoms with Crippen LogP contribution in [-0.2, 0) is 10.1 Å². The second-order valence-electron chi connectivity index (χ2n) is 2.74. The van der Waals surface area contributed by atoms with E-state index in [0.717, 1.165) is 0 Å². The van der Waals surface area contributed by atoms with Gasteiger partial charge in [0.15, 0.2) is 0 Å². The average molecular weight is 275 g/mol. The van der Waals surface area contributed by atoms with Gasteiger partial charge < -0.3 is 5.11 Å². The molecule has 0 fully saturated rings. The Kier molecular flexibility index (Phi) is 6.13. The molecule has 0 aromatic heterocycles. The Morgan fingerprint density at radius 1 is 1.25 bits per heavy atom. The van der Waals surface area contributed by atoms with E-state index in [-0.39, 0.29) is 35.1 Å². The van der Waals surface area contributed by atoms with E-state index in [1.165, 1.54) is 24.3 Å². The molecular weight excluding hydrogens is 267 g/mol. The fraction of sp³-hybridized carbons (Fsp3) is 0.125. The zero-order valence-electron chi connectivity index (χ0n) is 7.29. The van der Waals surface area contributed by atoms with Crippen LogP contribution in [0.15, 0.2) is 24.3 Å². The van der Waals surface area contributed by atoms with E-state index in [2.05, 4.69) is 0 Å². The van der Waals surface area contributed by atoms with Gasteiger partial charge >= 0.3 is 29.6 Å². The summed E-state index contributed by atoms with van der Waals surface area (Å²) in [6, 6.07) is 5.23. The van der Waals surface area contributed by atoms with Crippen LogP contribution >= 0.6 is 11.6 Å². The van der Waals surface area contributed by atoms with Gasteiger partial charge in [-0.2, -0.15) is 8.42 Å². The summed E-state index contributed by atoms with van der Waals surface area (Å²) in [4.78, 5) is 11.3. The molecule has 0 saturated heterocycles. The number of carbonyl (C=O) groups is 1. The monoisotopic (exact) mass is 274 g/mol. The molecule has 0 radical (unpaired) electrons. The van der Waals surface area contributed by atoms with Crippen LogP contribution in [-0.4, -0.2) is 58.9 Å². The Morgan fingerprint density at radius 2 is 1.69 bits per heavy atom. The van der Waals surface area contributed by atoms with Gasteiger partial charge in [0.1, 0.15) is 0 Å². The minimum atomic E-state index is -4.79. The van der Waals surface area contributed by atoms with E-state index in [1.54, 1.807) is 0 Å². The number of benzene rings is 1. The van der Waals surface area contributed by atoms with Gasteiger partial charge in [0.05, 0.1) is 0 Å². The quantitative estimate of drug-likeness (QED) is 0.463. The number of halogens is 1. The van der Waals surface area contributed by atoms with Crippen LogP contribution in [0.4, 0.5) is 0 Å². The van der Waals surface area contributed by atoms with Crippen molar-refractivity contribution in [3.63, 3.8) is 0 Å². The van der Waals surface area contributed by atoms with Gasteiger partial charge in [-0.05, 0) is 24.3 Å². The van der Waals surface area contributed by atoms with E-state index in [9.17, 15) is 13.2 Å². The summed E-state index contributed by atoms with van der Waals surface area (Å²) in [6.07, 6.45) is 0. The number of rotatable bonds is 3. The van der Waals surface area contributed by atoms with Crippen LogP contribution in [0.3, 0.4) is 0 Å². The maximum atomic E-state index is 11.3. The maximum absolute atomic E-state index is 11.3. The average Bonchev–Trinajstić information content (AvgIpc) is 2.15. The third kappa shape index (κ3) is 4.14. The van der Waals surface area contributed by atoms with Crippen LogP contribution < -0.4 is 0 Å². The molecule has 1 aromatic carbocycles. The predicted octanol–water partition coefficient (Wildman–Crippen LogP) is 0.0804. The van der Waals surface area contributed by atoms with Crippen LogP contribution in [0, 0.1) is 0 Å². The zero-order valence-corrected chi connectivity index (χ0v) is 8.86. The van der Waals surface area contributed by atoms with Crippen molar-refractivity contribution < 1.29 is 22.9 Å². The first-order valence-corrected chi connectivity index (χ1v) is 5.64. The Labute approximate surface area is 119 Å². The van der Waals surface area contributed by atoms with Crippen LogP contribution in [0.25, 0.3) is 0 Å². The molecule has 1 unspecified atom stereocenters. The van der Waals surface area contributed by atoms with Crippen molar-refractivity contribution in [2.75, 3.05) is 0 Å². The van der Waals surface area contributed by atoms with Crippen molar-refractivity contribution in [2.24, 2.45) is 0 Å². The summed E-state index contributed by atoms with van der Waals surface area (Å²) in [5.41, 5.74) is -2.51. The normalized spacial score (nSPS) is 12.7. The molecule has 0 spiro atoms. The molecule has 16 heavy (non-hydrogen) atoms. The second-order valence-corrected chi connectivity index (χ2v) is 4.65. The van der Waals surface area contributed by atoms with Crippen molar-refractivity contribution >= 4 is 57.1 Å². The minimum absolute atomic E-state index is 0. The number of ketones is 1. The predicted molar refractivity (Wildman–Crippen MR) is 60.5 cm³/mol. The molecule has 0 amide bonds. The van der Waals surface area contributed by atoms with Crippen LogP contribution in [0.1, 0.15) is 10.4 Å². The molecule has 0 heterocycles. The first-order valence-electron chi connectivity index (χ1n) is 3.76. The van der Waals surface area contributed by atoms with Crippen molar-refractivity contribution in [1.82, 2.24) is 0 Å². The Hall–Kier alpha value is 0.0500. The summed E-state index contributed by atoms with van der Waals surface area (Å²) in [5.74, 6) is -1.10. The third-order valence-electron chi connectivity index (χ3n) is 1.64. The van der Waals surface area contributed by atoms with Gasteiger partial charge in [-0.1, -0.05) is 11.6 Å². The van der Waals surface area contributed by atoms with Crippen molar-refractivity contribution in [2.45, 2.75) is 5.44 Å². The molecule has 0 saturated carbocycles. The van der Waals surface area contributed by atoms with E-state index in [0.29, 0.717) is 5.02 Å². The molecule has 8 heteroatoms. The standard InChI is InChI=1S/C8H7ClO5S.Na.H/c9-6-3-1-5(2-4-6)7(10)8(11)15(12,13)14;;/h1-4,8,11H,(H,12,13,14);;. The number of Topliss-reactive ketones (excluding diaryl/α,β-unsaturated/α-hetero) is 1. The van der Waals surface area contributed by atoms with Gasteiger partial charge in [-0.25, -0.2) is 0 Å². The zero-order chi connectivity index (χ0) is 11.6. The molecule has 1 atom stereocenters. The molecule has 0 bridgehead atoms. The first-order chi connectivity index (χ1) is 6.82. The SMILES string of the molecule is O=C(c1ccc(Cl)cc1)C(O)S(=O)(=O)O.[NaH]. The molecule has 1 aromatic rings. The van der Waals surface area contributed by atoms with E-state index < -0.39 is 21.3 Å². The number of hydrogen-bond donors (Lipinski definition) is 2. The molecule has 5 nitrogen and oxygen atoms in total. The van der Waals surface area contributed by atoms with E-state index in [4.69, 9.17) is 21.3 Å². The number of hydrogen-bond acceptors (Lipinski definition) is 4. The fourth-order valence-electron chi connectivity index (χ4n) is 0.892. The van der Waals surface area contributed by atoms with Crippen molar-refractivity contribution in [3.8, 4) is 0 Å². The van der Waals surface area contributed by atoms with Gasteiger partial charge in [0.2, 0.25) is 11.2 Å². The molecule has 0 aliphatic heterocycles.